The van der Waals surface area contributed by atoms with Crippen LogP contribution < -0.4 is 4.74 Å². The molecule has 5 nitrogen and oxygen atoms in total. The van der Waals surface area contributed by atoms with Crippen LogP contribution in [0, 0.1) is 0 Å². The third-order valence-electron chi connectivity index (χ3n) is 4.19. The average molecular weight is 336 g/mol. The molecule has 2 aromatic rings. The van der Waals surface area contributed by atoms with Crippen molar-refractivity contribution >= 4 is 23.6 Å². The third kappa shape index (κ3) is 3.35. The minimum atomic E-state index is -1.02. The Morgan fingerprint density at radius 1 is 1.12 bits per heavy atom. The second-order valence-corrected chi connectivity index (χ2v) is 5.79. The molecular weight excluding hydrogens is 320 g/mol. The minimum absolute atomic E-state index is 0.0524. The highest BCUT2D eigenvalue weighted by molar-refractivity contribution is 6.25. The van der Waals surface area contributed by atoms with E-state index in [9.17, 15) is 14.4 Å². The first-order chi connectivity index (χ1) is 12.0. The number of carboxylic acids is 1. The Balaban J connectivity index is 1.85. The van der Waals surface area contributed by atoms with Crippen LogP contribution in [0.3, 0.4) is 0 Å². The van der Waals surface area contributed by atoms with Gasteiger partial charge in [-0.2, -0.15) is 0 Å². The van der Waals surface area contributed by atoms with Gasteiger partial charge in [0.25, 0.3) is 0 Å². The number of carbonyl (C=O) groups is 3. The maximum absolute atomic E-state index is 12.5. The first-order valence-electron chi connectivity index (χ1n) is 7.76. The van der Waals surface area contributed by atoms with E-state index in [2.05, 4.69) is 0 Å². The van der Waals surface area contributed by atoms with E-state index >= 15 is 0 Å². The lowest BCUT2D eigenvalue weighted by Gasteiger charge is -2.17. The summed E-state index contributed by atoms with van der Waals surface area (Å²) in [6.45, 7) is 0. The number of aromatic carboxylic acids is 1. The predicted molar refractivity (Wildman–Crippen MR) is 91.8 cm³/mol. The predicted octanol–water partition coefficient (Wildman–Crippen LogP) is 2.71. The van der Waals surface area contributed by atoms with Gasteiger partial charge in [-0.15, -0.1) is 0 Å². The number of allylic oxidation sites excluding steroid dienone is 1. The van der Waals surface area contributed by atoms with Crippen molar-refractivity contribution in [1.29, 1.82) is 0 Å². The summed E-state index contributed by atoms with van der Waals surface area (Å²) >= 11 is 0. The molecule has 25 heavy (non-hydrogen) atoms. The highest BCUT2D eigenvalue weighted by Crippen LogP contribution is 2.30. The summed E-state index contributed by atoms with van der Waals surface area (Å²) in [5.74, 6) is -0.892. The molecule has 126 valence electrons. The number of ether oxygens (including phenoxy) is 1. The molecule has 0 heterocycles. The molecule has 0 spiro atoms. The molecule has 0 amide bonds. The summed E-state index contributed by atoms with van der Waals surface area (Å²) in [5, 5.41) is 8.90. The number of benzene rings is 2. The Hall–Kier alpha value is -3.21. The van der Waals surface area contributed by atoms with E-state index in [0.29, 0.717) is 11.3 Å². The average Bonchev–Trinajstić information content (AvgIpc) is 2.61. The number of carboxylic acid groups (broad SMARTS) is 1. The normalized spacial score (nSPS) is 13.0. The first kappa shape index (κ1) is 16.6. The summed E-state index contributed by atoms with van der Waals surface area (Å²) in [4.78, 5) is 35.8. The maximum Gasteiger partial charge on any atom is 0.335 e. The molecule has 0 saturated carbocycles. The van der Waals surface area contributed by atoms with Gasteiger partial charge in [0.1, 0.15) is 5.75 Å². The summed E-state index contributed by atoms with van der Waals surface area (Å²) in [5.41, 5.74) is 2.59. The zero-order valence-electron chi connectivity index (χ0n) is 13.6. The standard InChI is InChI=1S/C20H16O5/c1-25-19-4-2-3-14-10-16(18(22)11-15(14)19)17(21)9-12-5-7-13(8-6-12)20(23)24/h2-8,10H,9,11H2,1H3,(H,23,24). The van der Waals surface area contributed by atoms with Crippen LogP contribution in [0.4, 0.5) is 0 Å². The highest BCUT2D eigenvalue weighted by atomic mass is 16.5. The Labute approximate surface area is 144 Å². The number of rotatable bonds is 5. The van der Waals surface area contributed by atoms with Crippen molar-refractivity contribution in [1.82, 2.24) is 0 Å². The molecule has 5 heteroatoms. The molecule has 0 saturated heterocycles. The van der Waals surface area contributed by atoms with E-state index < -0.39 is 5.97 Å². The van der Waals surface area contributed by atoms with E-state index in [1.54, 1.807) is 31.4 Å². The van der Waals surface area contributed by atoms with Gasteiger partial charge in [0.2, 0.25) is 0 Å². The summed E-state index contributed by atoms with van der Waals surface area (Å²) in [6.07, 6.45) is 1.79. The van der Waals surface area contributed by atoms with Crippen LogP contribution in [0.25, 0.3) is 6.08 Å². The smallest absolute Gasteiger partial charge is 0.335 e. The maximum atomic E-state index is 12.5. The van der Waals surface area contributed by atoms with Crippen LogP contribution in [0.5, 0.6) is 5.75 Å². The van der Waals surface area contributed by atoms with Crippen molar-refractivity contribution in [2.45, 2.75) is 12.8 Å². The van der Waals surface area contributed by atoms with Crippen molar-refractivity contribution in [3.05, 3.63) is 70.3 Å². The fourth-order valence-corrected chi connectivity index (χ4v) is 2.87. The molecule has 0 aromatic heterocycles. The van der Waals surface area contributed by atoms with Crippen molar-refractivity contribution in [2.75, 3.05) is 7.11 Å². The van der Waals surface area contributed by atoms with E-state index in [-0.39, 0.29) is 35.5 Å². The quantitative estimate of drug-likeness (QED) is 0.849. The SMILES string of the molecule is COc1cccc2c1CC(=O)C(C(=O)Cc1ccc(C(=O)O)cc1)=C2. The van der Waals surface area contributed by atoms with Gasteiger partial charge < -0.3 is 9.84 Å². The molecule has 0 atom stereocenters. The van der Waals surface area contributed by atoms with Gasteiger partial charge in [0.05, 0.1) is 18.2 Å². The largest absolute Gasteiger partial charge is 0.496 e. The summed E-state index contributed by atoms with van der Waals surface area (Å²) < 4.78 is 5.27. The molecule has 1 aliphatic carbocycles. The van der Waals surface area contributed by atoms with E-state index in [0.717, 1.165) is 11.1 Å². The van der Waals surface area contributed by atoms with Gasteiger partial charge in [-0.1, -0.05) is 24.3 Å². The first-order valence-corrected chi connectivity index (χ1v) is 7.76. The molecule has 2 aromatic carbocycles. The van der Waals surface area contributed by atoms with Gasteiger partial charge in [0, 0.05) is 18.4 Å². The van der Waals surface area contributed by atoms with Gasteiger partial charge in [0.15, 0.2) is 11.6 Å². The number of fused-ring (bicyclic) bond motifs is 1. The van der Waals surface area contributed by atoms with Crippen LogP contribution in [-0.2, 0) is 22.4 Å². The second kappa shape index (κ2) is 6.73. The fraction of sp³-hybridized carbons (Fsp3) is 0.150. The van der Waals surface area contributed by atoms with Crippen LogP contribution in [0.1, 0.15) is 27.0 Å². The number of hydrogen-bond donors (Lipinski definition) is 1. The van der Waals surface area contributed by atoms with Crippen molar-refractivity contribution in [3.63, 3.8) is 0 Å². The Morgan fingerprint density at radius 2 is 1.84 bits per heavy atom. The van der Waals surface area contributed by atoms with Crippen LogP contribution in [0.15, 0.2) is 48.0 Å². The van der Waals surface area contributed by atoms with E-state index in [1.807, 2.05) is 12.1 Å². The Morgan fingerprint density at radius 3 is 2.48 bits per heavy atom. The molecule has 0 fully saturated rings. The number of methoxy groups -OCH3 is 1. The monoisotopic (exact) mass is 336 g/mol. The number of hydrogen-bond acceptors (Lipinski definition) is 4. The van der Waals surface area contributed by atoms with Crippen LogP contribution in [-0.4, -0.2) is 29.8 Å². The molecule has 0 bridgehead atoms. The third-order valence-corrected chi connectivity index (χ3v) is 4.19. The summed E-state index contributed by atoms with van der Waals surface area (Å²) in [7, 11) is 1.55. The van der Waals surface area contributed by atoms with Gasteiger partial charge in [-0.3, -0.25) is 9.59 Å². The highest BCUT2D eigenvalue weighted by Gasteiger charge is 2.25. The van der Waals surface area contributed by atoms with Crippen molar-refractivity contribution in [2.24, 2.45) is 0 Å². The zero-order valence-corrected chi connectivity index (χ0v) is 13.6. The zero-order chi connectivity index (χ0) is 18.0. The summed E-state index contributed by atoms with van der Waals surface area (Å²) in [6, 6.07) is 11.5. The minimum Gasteiger partial charge on any atom is -0.496 e. The molecule has 1 N–H and O–H groups in total. The van der Waals surface area contributed by atoms with Crippen molar-refractivity contribution < 1.29 is 24.2 Å². The van der Waals surface area contributed by atoms with Gasteiger partial charge in [-0.25, -0.2) is 4.79 Å². The molecule has 1 aliphatic rings. The van der Waals surface area contributed by atoms with Crippen molar-refractivity contribution in [3.8, 4) is 5.75 Å². The van der Waals surface area contributed by atoms with Gasteiger partial charge in [-0.05, 0) is 35.4 Å². The number of ketones is 2. The lowest BCUT2D eigenvalue weighted by Crippen LogP contribution is -2.20. The van der Waals surface area contributed by atoms with Gasteiger partial charge >= 0.3 is 5.97 Å². The Bertz CT molecular complexity index is 891. The fourth-order valence-electron chi connectivity index (χ4n) is 2.87. The molecule has 0 radical (unpaired) electrons. The Kier molecular flexibility index (Phi) is 4.48. The number of carbonyl (C=O) groups excluding carboxylic acids is 2. The van der Waals surface area contributed by atoms with Crippen LogP contribution >= 0.6 is 0 Å². The second-order valence-electron chi connectivity index (χ2n) is 5.79. The molecule has 3 rings (SSSR count). The topological polar surface area (TPSA) is 80.7 Å². The lowest BCUT2D eigenvalue weighted by atomic mass is 9.87. The molecular formula is C20H16O5. The van der Waals surface area contributed by atoms with E-state index in [4.69, 9.17) is 9.84 Å². The lowest BCUT2D eigenvalue weighted by molar-refractivity contribution is -0.120. The molecule has 0 aliphatic heterocycles. The molecule has 0 unspecified atom stereocenters. The van der Waals surface area contributed by atoms with E-state index in [1.165, 1.54) is 12.1 Å². The number of Topliss-reactive ketones (excluding diaryl/α,β-unsaturated/α-hetero) is 2. The van der Waals surface area contributed by atoms with Crippen LogP contribution in [0.2, 0.25) is 0 Å².